The number of rotatable bonds is 5. The van der Waals surface area contributed by atoms with Gasteiger partial charge in [0, 0.05) is 5.38 Å². The number of carbonyl (C=O) groups excluding carboxylic acids is 1. The van der Waals surface area contributed by atoms with Crippen molar-refractivity contribution in [3.05, 3.63) is 52.2 Å². The zero-order valence-corrected chi connectivity index (χ0v) is 14.0. The maximum atomic E-state index is 11.9. The number of tetrazole rings is 1. The fourth-order valence-electron chi connectivity index (χ4n) is 2.06. The first-order valence-corrected chi connectivity index (χ1v) is 8.08. The van der Waals surface area contributed by atoms with E-state index < -0.39 is 0 Å². The largest absolute Gasteiger partial charge is 0.273 e. The van der Waals surface area contributed by atoms with Gasteiger partial charge < -0.3 is 0 Å². The van der Waals surface area contributed by atoms with Gasteiger partial charge in [-0.1, -0.05) is 12.1 Å². The summed E-state index contributed by atoms with van der Waals surface area (Å²) in [5, 5.41) is 18.0. The molecule has 0 aliphatic rings. The van der Waals surface area contributed by atoms with Gasteiger partial charge in [-0.15, -0.1) is 16.4 Å². The van der Waals surface area contributed by atoms with Crippen LogP contribution in [0.3, 0.4) is 0 Å². The van der Waals surface area contributed by atoms with Crippen molar-refractivity contribution in [1.82, 2.24) is 30.6 Å². The Balaban J connectivity index is 1.67. The van der Waals surface area contributed by atoms with Gasteiger partial charge in [-0.3, -0.25) is 4.79 Å². The molecule has 9 heteroatoms. The molecule has 1 N–H and O–H groups in total. The third kappa shape index (κ3) is 3.87. The molecule has 3 aromatic rings. The number of nitrogens with zero attached hydrogens (tertiary/aromatic N) is 6. The topological polar surface area (TPSA) is 98.0 Å². The lowest BCUT2D eigenvalue weighted by Gasteiger charge is -2.05. The van der Waals surface area contributed by atoms with Crippen LogP contribution in [-0.2, 0) is 11.2 Å². The number of nitrogens with one attached hydrogen (secondary N) is 1. The molecule has 8 nitrogen and oxygen atoms in total. The summed E-state index contributed by atoms with van der Waals surface area (Å²) < 4.78 is 1.56. The zero-order chi connectivity index (χ0) is 16.9. The number of thiazole rings is 1. The molecule has 3 rings (SSSR count). The Morgan fingerprint density at radius 2 is 2.29 bits per heavy atom. The van der Waals surface area contributed by atoms with Crippen LogP contribution in [0.2, 0.25) is 0 Å². The SMILES string of the molecule is C/C(=N/NC(=O)Cc1csc(C)n1)c1cccc(-n2cnnn2)c1. The van der Waals surface area contributed by atoms with E-state index in [2.05, 4.69) is 31.0 Å². The smallest absolute Gasteiger partial charge is 0.246 e. The second-order valence-corrected chi connectivity index (χ2v) is 6.13. The molecule has 1 aromatic carbocycles. The van der Waals surface area contributed by atoms with Crippen molar-refractivity contribution in [1.29, 1.82) is 0 Å². The molecule has 0 unspecified atom stereocenters. The first kappa shape index (κ1) is 15.9. The van der Waals surface area contributed by atoms with Crippen LogP contribution >= 0.6 is 11.3 Å². The molecular formula is C15H15N7OS. The number of amides is 1. The van der Waals surface area contributed by atoms with Crippen LogP contribution in [-0.4, -0.2) is 36.8 Å². The quantitative estimate of drug-likeness (QED) is 0.560. The molecule has 0 atom stereocenters. The summed E-state index contributed by atoms with van der Waals surface area (Å²) >= 11 is 1.52. The molecule has 0 saturated heterocycles. The molecule has 0 aliphatic carbocycles. The van der Waals surface area contributed by atoms with E-state index >= 15 is 0 Å². The van der Waals surface area contributed by atoms with Crippen molar-refractivity contribution in [2.75, 3.05) is 0 Å². The molecule has 0 radical (unpaired) electrons. The van der Waals surface area contributed by atoms with Crippen LogP contribution in [0.1, 0.15) is 23.2 Å². The van der Waals surface area contributed by atoms with Crippen LogP contribution < -0.4 is 5.43 Å². The van der Waals surface area contributed by atoms with Gasteiger partial charge in [0.1, 0.15) is 6.33 Å². The summed E-state index contributed by atoms with van der Waals surface area (Å²) in [4.78, 5) is 16.2. The van der Waals surface area contributed by atoms with Gasteiger partial charge >= 0.3 is 0 Å². The summed E-state index contributed by atoms with van der Waals surface area (Å²) in [7, 11) is 0. The summed E-state index contributed by atoms with van der Waals surface area (Å²) in [5.41, 5.74) is 5.68. The standard InChI is InChI=1S/C15H15N7OS/c1-10(18-19-15(23)7-13-8-24-11(2)17-13)12-4-3-5-14(6-12)22-9-16-20-21-22/h3-6,8-9H,7H2,1-2H3,(H,19,23)/b18-10-. The molecule has 0 saturated carbocycles. The van der Waals surface area contributed by atoms with Crippen molar-refractivity contribution in [2.45, 2.75) is 20.3 Å². The average molecular weight is 341 g/mol. The molecule has 1 amide bonds. The van der Waals surface area contributed by atoms with Crippen LogP contribution in [0, 0.1) is 6.92 Å². The fraction of sp³-hybridized carbons (Fsp3) is 0.200. The van der Waals surface area contributed by atoms with E-state index in [1.807, 2.05) is 43.5 Å². The van der Waals surface area contributed by atoms with Gasteiger partial charge in [0.2, 0.25) is 5.91 Å². The Bertz CT molecular complexity index is 870. The first-order chi connectivity index (χ1) is 11.6. The highest BCUT2D eigenvalue weighted by Gasteiger charge is 2.07. The van der Waals surface area contributed by atoms with Gasteiger partial charge in [-0.25, -0.2) is 15.1 Å². The lowest BCUT2D eigenvalue weighted by atomic mass is 10.1. The van der Waals surface area contributed by atoms with Gasteiger partial charge in [-0.2, -0.15) is 5.10 Å². The molecule has 0 spiro atoms. The second kappa shape index (κ2) is 7.09. The second-order valence-electron chi connectivity index (χ2n) is 5.07. The fourth-order valence-corrected chi connectivity index (χ4v) is 2.67. The number of hydrazone groups is 1. The van der Waals surface area contributed by atoms with Crippen LogP contribution in [0.15, 0.2) is 41.1 Å². The predicted octanol–water partition coefficient (Wildman–Crippen LogP) is 1.51. The number of hydrogen-bond acceptors (Lipinski definition) is 7. The lowest BCUT2D eigenvalue weighted by Crippen LogP contribution is -2.21. The molecule has 0 fully saturated rings. The van der Waals surface area contributed by atoms with E-state index in [0.29, 0.717) is 5.71 Å². The highest BCUT2D eigenvalue weighted by Crippen LogP contribution is 2.10. The van der Waals surface area contributed by atoms with Crippen molar-refractivity contribution < 1.29 is 4.79 Å². The Morgan fingerprint density at radius 1 is 1.42 bits per heavy atom. The van der Waals surface area contributed by atoms with Crippen LogP contribution in [0.5, 0.6) is 0 Å². The number of aromatic nitrogens is 5. The van der Waals surface area contributed by atoms with E-state index in [1.165, 1.54) is 17.7 Å². The van der Waals surface area contributed by atoms with Gasteiger partial charge in [0.25, 0.3) is 0 Å². The van der Waals surface area contributed by atoms with Crippen molar-refractivity contribution in [3.8, 4) is 5.69 Å². The summed E-state index contributed by atoms with van der Waals surface area (Å²) in [5.74, 6) is -0.198. The third-order valence-corrected chi connectivity index (χ3v) is 4.06. The normalized spacial score (nSPS) is 11.5. The Kier molecular flexibility index (Phi) is 4.71. The average Bonchev–Trinajstić information content (AvgIpc) is 3.25. The Labute approximate surface area is 142 Å². The minimum absolute atomic E-state index is 0.198. The van der Waals surface area contributed by atoms with E-state index in [9.17, 15) is 4.79 Å². The summed E-state index contributed by atoms with van der Waals surface area (Å²) in [6.07, 6.45) is 1.73. The maximum absolute atomic E-state index is 11.9. The lowest BCUT2D eigenvalue weighted by molar-refractivity contribution is -0.120. The van der Waals surface area contributed by atoms with Gasteiger partial charge in [-0.05, 0) is 42.0 Å². The van der Waals surface area contributed by atoms with Crippen molar-refractivity contribution >= 4 is 23.0 Å². The number of aryl methyl sites for hydroxylation is 1. The number of benzene rings is 1. The minimum Gasteiger partial charge on any atom is -0.273 e. The summed E-state index contributed by atoms with van der Waals surface area (Å²) in [6, 6.07) is 7.56. The molecule has 0 aliphatic heterocycles. The van der Waals surface area contributed by atoms with Crippen LogP contribution in [0.25, 0.3) is 5.69 Å². The molecular weight excluding hydrogens is 326 g/mol. The Morgan fingerprint density at radius 3 is 3.00 bits per heavy atom. The molecule has 2 heterocycles. The maximum Gasteiger partial charge on any atom is 0.246 e. The Hall–Kier alpha value is -2.94. The highest BCUT2D eigenvalue weighted by atomic mass is 32.1. The van der Waals surface area contributed by atoms with Gasteiger partial charge in [0.15, 0.2) is 0 Å². The van der Waals surface area contributed by atoms with Crippen molar-refractivity contribution in [3.63, 3.8) is 0 Å². The number of carbonyl (C=O) groups is 1. The molecule has 122 valence electrons. The zero-order valence-electron chi connectivity index (χ0n) is 13.2. The third-order valence-electron chi connectivity index (χ3n) is 3.23. The van der Waals surface area contributed by atoms with E-state index in [4.69, 9.17) is 0 Å². The van der Waals surface area contributed by atoms with E-state index in [1.54, 1.807) is 4.68 Å². The van der Waals surface area contributed by atoms with Gasteiger partial charge in [0.05, 0.1) is 28.5 Å². The first-order valence-electron chi connectivity index (χ1n) is 7.20. The molecule has 24 heavy (non-hydrogen) atoms. The van der Waals surface area contributed by atoms with E-state index in [0.717, 1.165) is 22.0 Å². The monoisotopic (exact) mass is 341 g/mol. The molecule has 0 bridgehead atoms. The number of hydrogen-bond donors (Lipinski definition) is 1. The highest BCUT2D eigenvalue weighted by molar-refractivity contribution is 7.09. The summed E-state index contributed by atoms with van der Waals surface area (Å²) in [6.45, 7) is 3.73. The predicted molar refractivity (Wildman–Crippen MR) is 90.1 cm³/mol. The molecule has 2 aromatic heterocycles. The minimum atomic E-state index is -0.198. The van der Waals surface area contributed by atoms with Crippen LogP contribution in [0.4, 0.5) is 0 Å². The van der Waals surface area contributed by atoms with Crippen molar-refractivity contribution in [2.24, 2.45) is 5.10 Å². The van der Waals surface area contributed by atoms with E-state index in [-0.39, 0.29) is 12.3 Å².